The molecule has 0 N–H and O–H groups in total. The number of hydrogen-bond donors (Lipinski definition) is 0. The van der Waals surface area contributed by atoms with Gasteiger partial charge in [0.05, 0.1) is 0 Å². The minimum Gasteiger partial charge on any atom is -0.657 e. The summed E-state index contributed by atoms with van der Waals surface area (Å²) in [6.07, 6.45) is -11.4. The van der Waals surface area contributed by atoms with E-state index in [9.17, 15) is 26.3 Å². The van der Waals surface area contributed by atoms with E-state index in [1.165, 1.54) is 0 Å². The summed E-state index contributed by atoms with van der Waals surface area (Å²) in [7, 11) is 0. The fourth-order valence-corrected chi connectivity index (χ4v) is 1.62. The number of halogens is 6. The zero-order chi connectivity index (χ0) is 17.3. The van der Waals surface area contributed by atoms with Gasteiger partial charge >= 0.3 is 31.2 Å². The summed E-state index contributed by atoms with van der Waals surface area (Å²) in [6, 6.07) is -0.877. The SMILES string of the molecule is CC(C)[N-]C([N-]C(C)C)n1nc(C(F)(F)F)cc1C(F)(F)F.[Li+]. The Morgan fingerprint density at radius 1 is 0.913 bits per heavy atom. The molecule has 1 aromatic rings. The predicted molar refractivity (Wildman–Crippen MR) is 68.3 cm³/mol. The maximum absolute atomic E-state index is 13.0. The molecule has 0 fully saturated rings. The van der Waals surface area contributed by atoms with Crippen LogP contribution in [0.4, 0.5) is 26.3 Å². The van der Waals surface area contributed by atoms with Gasteiger partial charge in [-0.05, 0) is 0 Å². The number of nitrogens with zero attached hydrogens (tertiary/aromatic N) is 4. The van der Waals surface area contributed by atoms with Gasteiger partial charge < -0.3 is 10.6 Å². The van der Waals surface area contributed by atoms with Crippen molar-refractivity contribution in [3.8, 4) is 0 Å². The van der Waals surface area contributed by atoms with E-state index in [1.54, 1.807) is 27.7 Å². The van der Waals surface area contributed by atoms with Crippen molar-refractivity contribution in [1.82, 2.24) is 9.78 Å². The van der Waals surface area contributed by atoms with Crippen LogP contribution in [0.15, 0.2) is 6.07 Å². The Labute approximate surface area is 142 Å². The summed E-state index contributed by atoms with van der Waals surface area (Å²) in [5.74, 6) is 0. The number of rotatable bonds is 5. The molecule has 0 spiro atoms. The number of alkyl halides is 6. The van der Waals surface area contributed by atoms with Crippen LogP contribution in [-0.4, -0.2) is 21.9 Å². The molecule has 128 valence electrons. The molecule has 0 aromatic carbocycles. The molecule has 0 saturated carbocycles. The first kappa shape index (κ1) is 22.3. The van der Waals surface area contributed by atoms with Crippen LogP contribution in [0.25, 0.3) is 10.6 Å². The van der Waals surface area contributed by atoms with Crippen molar-refractivity contribution in [3.63, 3.8) is 0 Å². The van der Waals surface area contributed by atoms with Gasteiger partial charge in [-0.3, -0.25) is 4.68 Å². The van der Waals surface area contributed by atoms with E-state index in [2.05, 4.69) is 15.7 Å². The van der Waals surface area contributed by atoms with Crippen LogP contribution in [0.5, 0.6) is 0 Å². The van der Waals surface area contributed by atoms with Crippen LogP contribution >= 0.6 is 0 Å². The van der Waals surface area contributed by atoms with Crippen molar-refractivity contribution < 1.29 is 45.2 Å². The minimum absolute atomic E-state index is 0. The van der Waals surface area contributed by atoms with E-state index in [-0.39, 0.29) is 29.6 Å². The topological polar surface area (TPSA) is 46.0 Å². The molecule has 23 heavy (non-hydrogen) atoms. The first-order chi connectivity index (χ1) is 9.82. The Morgan fingerprint density at radius 3 is 1.65 bits per heavy atom. The molecule has 4 nitrogen and oxygen atoms in total. The van der Waals surface area contributed by atoms with Gasteiger partial charge in [0.1, 0.15) is 5.69 Å². The monoisotopic (exact) mass is 337 g/mol. The third kappa shape index (κ3) is 6.37. The largest absolute Gasteiger partial charge is 1.00 e. The zero-order valence-electron chi connectivity index (χ0n) is 13.4. The molecule has 0 amide bonds. The van der Waals surface area contributed by atoms with E-state index in [0.29, 0.717) is 0 Å². The van der Waals surface area contributed by atoms with E-state index in [1.807, 2.05) is 0 Å². The fraction of sp³-hybridized carbons (Fsp3) is 0.750. The Kier molecular flexibility index (Phi) is 7.68. The number of aromatic nitrogens is 2. The van der Waals surface area contributed by atoms with Gasteiger partial charge in [-0.25, -0.2) is 0 Å². The third-order valence-corrected chi connectivity index (χ3v) is 2.40. The van der Waals surface area contributed by atoms with E-state index in [4.69, 9.17) is 0 Å². The van der Waals surface area contributed by atoms with E-state index >= 15 is 0 Å². The molecule has 0 aliphatic carbocycles. The Bertz CT molecular complexity index is 485. The third-order valence-electron chi connectivity index (χ3n) is 2.40. The average Bonchev–Trinajstić information content (AvgIpc) is 2.70. The van der Waals surface area contributed by atoms with Crippen LogP contribution in [0.1, 0.15) is 45.4 Å². The van der Waals surface area contributed by atoms with Gasteiger partial charge in [-0.15, -0.1) is 18.4 Å². The van der Waals surface area contributed by atoms with Crippen LogP contribution < -0.4 is 18.9 Å². The molecular formula is C12H16F6LiN4-. The summed E-state index contributed by atoms with van der Waals surface area (Å²) >= 11 is 0. The van der Waals surface area contributed by atoms with Crippen molar-refractivity contribution in [1.29, 1.82) is 0 Å². The maximum atomic E-state index is 13.0. The molecular weight excluding hydrogens is 321 g/mol. The first-order valence-electron chi connectivity index (χ1n) is 6.46. The van der Waals surface area contributed by atoms with Gasteiger partial charge in [0.2, 0.25) is 0 Å². The Balaban J connectivity index is 0.00000484. The van der Waals surface area contributed by atoms with Crippen molar-refractivity contribution in [2.24, 2.45) is 0 Å². The molecule has 0 radical (unpaired) electrons. The molecule has 11 heteroatoms. The molecule has 1 rings (SSSR count). The summed E-state index contributed by atoms with van der Waals surface area (Å²) < 4.78 is 77.1. The van der Waals surface area contributed by atoms with Crippen molar-refractivity contribution >= 4 is 0 Å². The van der Waals surface area contributed by atoms with Gasteiger partial charge in [-0.2, -0.15) is 31.4 Å². The Hall–Kier alpha value is -0.693. The van der Waals surface area contributed by atoms with Gasteiger partial charge in [-0.1, -0.05) is 27.7 Å². The van der Waals surface area contributed by atoms with Crippen LogP contribution in [-0.2, 0) is 12.4 Å². The molecule has 0 saturated heterocycles. The Morgan fingerprint density at radius 2 is 1.35 bits per heavy atom. The smallest absolute Gasteiger partial charge is 0.657 e. The first-order valence-corrected chi connectivity index (χ1v) is 6.46. The molecule has 0 unspecified atom stereocenters. The molecule has 0 aliphatic rings. The predicted octanol–water partition coefficient (Wildman–Crippen LogP) is 1.94. The molecule has 0 aliphatic heterocycles. The standard InChI is InChI=1S/C12H16F6N4.Li/c1-6(2)19-10(20-7(3)4)22-9(12(16,17)18)5-8(21-22)11(13,14)15;/h5-7,10H,1-4H3;/q-2;+1. The van der Waals surface area contributed by atoms with Crippen LogP contribution in [0, 0.1) is 0 Å². The van der Waals surface area contributed by atoms with Gasteiger partial charge in [0.15, 0.2) is 5.69 Å². The van der Waals surface area contributed by atoms with Gasteiger partial charge in [0, 0.05) is 6.07 Å². The quantitative estimate of drug-likeness (QED) is 0.598. The number of hydrogen-bond acceptors (Lipinski definition) is 1. The summed E-state index contributed by atoms with van der Waals surface area (Å²) in [4.78, 5) is 0. The molecule has 0 bridgehead atoms. The van der Waals surface area contributed by atoms with Crippen molar-refractivity contribution in [2.75, 3.05) is 0 Å². The fourth-order valence-electron chi connectivity index (χ4n) is 1.62. The molecule has 0 atom stereocenters. The summed E-state index contributed by atoms with van der Waals surface area (Å²) in [6.45, 7) is 6.35. The normalized spacial score (nSPS) is 13.1. The van der Waals surface area contributed by atoms with E-state index in [0.717, 1.165) is 0 Å². The second kappa shape index (κ2) is 7.92. The zero-order valence-corrected chi connectivity index (χ0v) is 13.4. The minimum atomic E-state index is -4.99. The maximum Gasteiger partial charge on any atom is 1.00 e. The van der Waals surface area contributed by atoms with Crippen molar-refractivity contribution in [3.05, 3.63) is 28.1 Å². The van der Waals surface area contributed by atoms with Crippen molar-refractivity contribution in [2.45, 2.75) is 58.4 Å². The second-order valence-corrected chi connectivity index (χ2v) is 5.19. The van der Waals surface area contributed by atoms with Crippen LogP contribution in [0.3, 0.4) is 0 Å². The molecule has 1 aromatic heterocycles. The van der Waals surface area contributed by atoms with Crippen LogP contribution in [0.2, 0.25) is 0 Å². The molecule has 1 heterocycles. The summed E-state index contributed by atoms with van der Waals surface area (Å²) in [5.41, 5.74) is -3.15. The van der Waals surface area contributed by atoms with Gasteiger partial charge in [0.25, 0.3) is 0 Å². The summed E-state index contributed by atoms with van der Waals surface area (Å²) in [5, 5.41) is 10.9. The average molecular weight is 337 g/mol. The van der Waals surface area contributed by atoms with E-state index < -0.39 is 42.1 Å². The second-order valence-electron chi connectivity index (χ2n) is 5.19.